The van der Waals surface area contributed by atoms with Crippen molar-refractivity contribution in [2.24, 2.45) is 0 Å². The van der Waals surface area contributed by atoms with Gasteiger partial charge in [0, 0.05) is 7.05 Å². The van der Waals surface area contributed by atoms with Gasteiger partial charge in [-0.05, 0) is 12.1 Å². The van der Waals surface area contributed by atoms with Gasteiger partial charge >= 0.3 is 5.97 Å². The monoisotopic (exact) mass is 197 g/mol. The highest BCUT2D eigenvalue weighted by molar-refractivity contribution is 5.92. The van der Waals surface area contributed by atoms with Gasteiger partial charge in [0.2, 0.25) is 0 Å². The maximum atomic E-state index is 11.1. The third-order valence-electron chi connectivity index (χ3n) is 1.78. The number of hydrogen-bond donors (Lipinski definition) is 3. The number of rotatable bonds is 2. The van der Waals surface area contributed by atoms with Crippen LogP contribution in [0.25, 0.3) is 0 Å². The summed E-state index contributed by atoms with van der Waals surface area (Å²) < 4.78 is 4.47. The van der Waals surface area contributed by atoms with Gasteiger partial charge in [0.1, 0.15) is 0 Å². The van der Waals surface area contributed by atoms with Gasteiger partial charge in [-0.3, -0.25) is 0 Å². The van der Waals surface area contributed by atoms with E-state index in [1.807, 2.05) is 0 Å². The van der Waals surface area contributed by atoms with Gasteiger partial charge in [0.15, 0.2) is 11.5 Å². The van der Waals surface area contributed by atoms with Crippen LogP contribution in [0.3, 0.4) is 0 Å². The van der Waals surface area contributed by atoms with Crippen molar-refractivity contribution in [2.75, 3.05) is 19.5 Å². The van der Waals surface area contributed by atoms with Crippen LogP contribution in [0.2, 0.25) is 0 Å². The molecule has 14 heavy (non-hydrogen) atoms. The molecule has 0 bridgehead atoms. The molecule has 0 amide bonds. The minimum Gasteiger partial charge on any atom is -0.504 e. The van der Waals surface area contributed by atoms with Crippen LogP contribution < -0.4 is 5.32 Å². The highest BCUT2D eigenvalue weighted by Crippen LogP contribution is 2.34. The number of phenols is 2. The van der Waals surface area contributed by atoms with E-state index in [1.54, 1.807) is 7.05 Å². The second-order valence-electron chi connectivity index (χ2n) is 2.63. The number of esters is 1. The van der Waals surface area contributed by atoms with Crippen molar-refractivity contribution < 1.29 is 19.7 Å². The molecular formula is C9H11NO4. The largest absolute Gasteiger partial charge is 0.504 e. The summed E-state index contributed by atoms with van der Waals surface area (Å²) >= 11 is 0. The van der Waals surface area contributed by atoms with E-state index in [-0.39, 0.29) is 22.7 Å². The quantitative estimate of drug-likeness (QED) is 0.485. The minimum atomic E-state index is -0.572. The van der Waals surface area contributed by atoms with E-state index in [0.29, 0.717) is 0 Å². The van der Waals surface area contributed by atoms with E-state index < -0.39 is 5.97 Å². The molecule has 5 nitrogen and oxygen atoms in total. The van der Waals surface area contributed by atoms with Gasteiger partial charge in [-0.25, -0.2) is 4.79 Å². The maximum absolute atomic E-state index is 11.1. The van der Waals surface area contributed by atoms with E-state index in [0.717, 1.165) is 6.07 Å². The zero-order chi connectivity index (χ0) is 10.7. The summed E-state index contributed by atoms with van der Waals surface area (Å²) in [5, 5.41) is 21.2. The lowest BCUT2D eigenvalue weighted by molar-refractivity contribution is 0.0600. The van der Waals surface area contributed by atoms with E-state index in [1.165, 1.54) is 13.2 Å². The van der Waals surface area contributed by atoms with Crippen LogP contribution in [-0.2, 0) is 4.74 Å². The maximum Gasteiger partial charge on any atom is 0.338 e. The Morgan fingerprint density at radius 2 is 2.07 bits per heavy atom. The Bertz CT molecular complexity index is 362. The van der Waals surface area contributed by atoms with Crippen molar-refractivity contribution in [1.29, 1.82) is 0 Å². The van der Waals surface area contributed by atoms with Crippen molar-refractivity contribution in [3.63, 3.8) is 0 Å². The molecule has 5 heteroatoms. The lowest BCUT2D eigenvalue weighted by atomic mass is 10.1. The minimum absolute atomic E-state index is 0.173. The molecule has 0 aliphatic carbocycles. The van der Waals surface area contributed by atoms with Crippen molar-refractivity contribution in [2.45, 2.75) is 0 Å². The fourth-order valence-corrected chi connectivity index (χ4v) is 1.05. The molecule has 3 N–H and O–H groups in total. The average Bonchev–Trinajstić information content (AvgIpc) is 2.20. The highest BCUT2D eigenvalue weighted by Gasteiger charge is 2.12. The predicted molar refractivity (Wildman–Crippen MR) is 50.7 cm³/mol. The Balaban J connectivity index is 3.22. The predicted octanol–water partition coefficient (Wildman–Crippen LogP) is 0.926. The summed E-state index contributed by atoms with van der Waals surface area (Å²) in [5.41, 5.74) is 0.442. The van der Waals surface area contributed by atoms with Crippen molar-refractivity contribution in [3.05, 3.63) is 17.7 Å². The molecule has 0 aliphatic rings. The normalized spacial score (nSPS) is 9.57. The number of carbonyl (C=O) groups is 1. The molecule has 76 valence electrons. The number of phenolic OH excluding ortho intramolecular Hbond substituents is 2. The van der Waals surface area contributed by atoms with Crippen molar-refractivity contribution in [3.8, 4) is 11.5 Å². The van der Waals surface area contributed by atoms with Crippen LogP contribution in [0.4, 0.5) is 5.69 Å². The fourth-order valence-electron chi connectivity index (χ4n) is 1.05. The third-order valence-corrected chi connectivity index (χ3v) is 1.78. The summed E-state index contributed by atoms with van der Waals surface area (Å²) in [7, 11) is 2.81. The van der Waals surface area contributed by atoms with Crippen LogP contribution in [0.5, 0.6) is 11.5 Å². The molecule has 1 rings (SSSR count). The van der Waals surface area contributed by atoms with Crippen LogP contribution in [0, 0.1) is 0 Å². The average molecular weight is 197 g/mol. The van der Waals surface area contributed by atoms with Gasteiger partial charge in [0.05, 0.1) is 18.4 Å². The van der Waals surface area contributed by atoms with Gasteiger partial charge in [0.25, 0.3) is 0 Å². The Morgan fingerprint density at radius 1 is 1.43 bits per heavy atom. The van der Waals surface area contributed by atoms with E-state index >= 15 is 0 Å². The molecule has 0 unspecified atom stereocenters. The molecule has 0 fully saturated rings. The van der Waals surface area contributed by atoms with E-state index in [9.17, 15) is 15.0 Å². The first-order chi connectivity index (χ1) is 6.60. The first kappa shape index (κ1) is 10.2. The summed E-state index contributed by atoms with van der Waals surface area (Å²) in [6.07, 6.45) is 0. The van der Waals surface area contributed by atoms with Crippen LogP contribution >= 0.6 is 0 Å². The first-order valence-corrected chi connectivity index (χ1v) is 3.92. The molecule has 0 saturated heterocycles. The number of ether oxygens (including phenoxy) is 1. The number of hydrogen-bond acceptors (Lipinski definition) is 5. The molecule has 1 aromatic rings. The lowest BCUT2D eigenvalue weighted by Crippen LogP contribution is -2.02. The summed E-state index contributed by atoms with van der Waals surface area (Å²) in [4.78, 5) is 11.1. The van der Waals surface area contributed by atoms with E-state index in [2.05, 4.69) is 10.1 Å². The Kier molecular flexibility index (Phi) is 2.81. The standard InChI is InChI=1S/C9H11NO4/c1-10-6-3-5(9(13)14-2)4-7(11)8(6)12/h3-4,10-12H,1-2H3. The molecule has 0 aliphatic heterocycles. The second kappa shape index (κ2) is 3.87. The smallest absolute Gasteiger partial charge is 0.338 e. The van der Waals surface area contributed by atoms with Crippen molar-refractivity contribution >= 4 is 11.7 Å². The Labute approximate surface area is 80.9 Å². The number of benzene rings is 1. The Hall–Kier alpha value is -1.91. The van der Waals surface area contributed by atoms with Gasteiger partial charge in [-0.2, -0.15) is 0 Å². The third kappa shape index (κ3) is 1.71. The molecule has 0 heterocycles. The molecule has 1 aromatic carbocycles. The van der Waals surface area contributed by atoms with E-state index in [4.69, 9.17) is 0 Å². The topological polar surface area (TPSA) is 78.8 Å². The zero-order valence-corrected chi connectivity index (χ0v) is 7.87. The van der Waals surface area contributed by atoms with Crippen molar-refractivity contribution in [1.82, 2.24) is 0 Å². The van der Waals surface area contributed by atoms with Crippen LogP contribution in [0.1, 0.15) is 10.4 Å². The zero-order valence-electron chi connectivity index (χ0n) is 7.87. The summed E-state index contributed by atoms with van der Waals surface area (Å²) in [6.45, 7) is 0. The first-order valence-electron chi connectivity index (χ1n) is 3.92. The highest BCUT2D eigenvalue weighted by atomic mass is 16.5. The molecule has 0 radical (unpaired) electrons. The number of nitrogens with one attached hydrogen (secondary N) is 1. The van der Waals surface area contributed by atoms with Gasteiger partial charge in [-0.1, -0.05) is 0 Å². The second-order valence-corrected chi connectivity index (χ2v) is 2.63. The number of carbonyl (C=O) groups excluding carboxylic acids is 1. The fraction of sp³-hybridized carbons (Fsp3) is 0.222. The number of methoxy groups -OCH3 is 1. The molecule has 0 saturated carbocycles. The molecular weight excluding hydrogens is 186 g/mol. The van der Waals surface area contributed by atoms with Gasteiger partial charge < -0.3 is 20.3 Å². The molecule has 0 aromatic heterocycles. The van der Waals surface area contributed by atoms with Gasteiger partial charge in [-0.15, -0.1) is 0 Å². The summed E-state index contributed by atoms with van der Waals surface area (Å²) in [6, 6.07) is 2.53. The van der Waals surface area contributed by atoms with Crippen LogP contribution in [-0.4, -0.2) is 30.3 Å². The molecule has 0 atom stereocenters. The number of anilines is 1. The SMILES string of the molecule is CNc1cc(C(=O)OC)cc(O)c1O. The number of aromatic hydroxyl groups is 2. The summed E-state index contributed by atoms with van der Waals surface area (Å²) in [5.74, 6) is -1.23. The van der Waals surface area contributed by atoms with Crippen LogP contribution in [0.15, 0.2) is 12.1 Å². The Morgan fingerprint density at radius 3 is 2.57 bits per heavy atom. The lowest BCUT2D eigenvalue weighted by Gasteiger charge is -2.07. The molecule has 0 spiro atoms.